The quantitative estimate of drug-likeness (QED) is 0.791. The Labute approximate surface area is 109 Å². The average Bonchev–Trinajstić information content (AvgIpc) is 2.41. The van der Waals surface area contributed by atoms with Crippen molar-refractivity contribution in [1.29, 1.82) is 0 Å². The van der Waals surface area contributed by atoms with Crippen molar-refractivity contribution in [3.63, 3.8) is 0 Å². The molecule has 94 valence electrons. The van der Waals surface area contributed by atoms with Crippen LogP contribution in [0.1, 0.15) is 32.6 Å². The van der Waals surface area contributed by atoms with Crippen molar-refractivity contribution in [1.82, 2.24) is 0 Å². The van der Waals surface area contributed by atoms with Gasteiger partial charge in [-0.2, -0.15) is 0 Å². The molecular weight excluding hydrogens is 218 g/mol. The smallest absolute Gasteiger partial charge is 0.0348 e. The maximum atomic E-state index is 3.72. The minimum atomic E-state index is 0.653. The van der Waals surface area contributed by atoms with Crippen LogP contribution in [0.4, 0.5) is 5.69 Å². The first-order chi connectivity index (χ1) is 8.83. The van der Waals surface area contributed by atoms with E-state index in [4.69, 9.17) is 0 Å². The number of rotatable bonds is 2. The summed E-state index contributed by atoms with van der Waals surface area (Å²) in [6.07, 6.45) is 5.45. The van der Waals surface area contributed by atoms with E-state index in [1.165, 1.54) is 42.1 Å². The molecule has 1 saturated carbocycles. The molecule has 0 radical (unpaired) electrons. The van der Waals surface area contributed by atoms with Gasteiger partial charge in [-0.15, -0.1) is 0 Å². The van der Waals surface area contributed by atoms with Crippen LogP contribution in [0.3, 0.4) is 0 Å². The van der Waals surface area contributed by atoms with Gasteiger partial charge < -0.3 is 5.32 Å². The van der Waals surface area contributed by atoms with E-state index in [-0.39, 0.29) is 0 Å². The minimum absolute atomic E-state index is 0.653. The van der Waals surface area contributed by atoms with E-state index in [0.29, 0.717) is 6.04 Å². The van der Waals surface area contributed by atoms with Gasteiger partial charge in [0.2, 0.25) is 0 Å². The molecule has 1 heteroatoms. The first-order valence-corrected chi connectivity index (χ1v) is 7.08. The fourth-order valence-corrected chi connectivity index (χ4v) is 3.02. The summed E-state index contributed by atoms with van der Waals surface area (Å²) in [5.74, 6) is 0.797. The maximum absolute atomic E-state index is 3.72. The first-order valence-electron chi connectivity index (χ1n) is 7.08. The molecule has 0 heterocycles. The Morgan fingerprint density at radius 1 is 0.944 bits per heavy atom. The second-order valence-electron chi connectivity index (χ2n) is 5.57. The summed E-state index contributed by atoms with van der Waals surface area (Å²) in [6, 6.07) is 15.9. The molecule has 0 spiro atoms. The topological polar surface area (TPSA) is 12.0 Å². The molecule has 2 atom stereocenters. The van der Waals surface area contributed by atoms with E-state index in [9.17, 15) is 0 Å². The van der Waals surface area contributed by atoms with E-state index in [2.05, 4.69) is 54.7 Å². The summed E-state index contributed by atoms with van der Waals surface area (Å²) in [4.78, 5) is 0. The maximum Gasteiger partial charge on any atom is 0.0348 e. The van der Waals surface area contributed by atoms with Crippen LogP contribution in [0.5, 0.6) is 0 Å². The van der Waals surface area contributed by atoms with Gasteiger partial charge in [0.05, 0.1) is 0 Å². The van der Waals surface area contributed by atoms with Gasteiger partial charge in [0.1, 0.15) is 0 Å². The van der Waals surface area contributed by atoms with Crippen LogP contribution >= 0.6 is 0 Å². The van der Waals surface area contributed by atoms with Crippen molar-refractivity contribution >= 4 is 16.5 Å². The van der Waals surface area contributed by atoms with Crippen molar-refractivity contribution in [2.75, 3.05) is 5.32 Å². The number of nitrogens with one attached hydrogen (secondary N) is 1. The molecule has 1 nitrogen and oxygen atoms in total. The molecule has 3 rings (SSSR count). The molecule has 0 saturated heterocycles. The number of fused-ring (bicyclic) bond motifs is 1. The summed E-state index contributed by atoms with van der Waals surface area (Å²) in [6.45, 7) is 2.37. The van der Waals surface area contributed by atoms with Gasteiger partial charge >= 0.3 is 0 Å². The first kappa shape index (κ1) is 11.6. The molecule has 1 aliphatic rings. The van der Waals surface area contributed by atoms with Gasteiger partial charge in [-0.1, -0.05) is 50.1 Å². The highest BCUT2D eigenvalue weighted by atomic mass is 14.9. The van der Waals surface area contributed by atoms with E-state index >= 15 is 0 Å². The molecule has 1 aliphatic carbocycles. The summed E-state index contributed by atoms with van der Waals surface area (Å²) in [5, 5.41) is 6.37. The van der Waals surface area contributed by atoms with E-state index in [1.807, 2.05) is 0 Å². The molecule has 0 aliphatic heterocycles. The van der Waals surface area contributed by atoms with E-state index in [1.54, 1.807) is 0 Å². The predicted molar refractivity (Wildman–Crippen MR) is 79.0 cm³/mol. The van der Waals surface area contributed by atoms with Crippen LogP contribution in [0.2, 0.25) is 0 Å². The van der Waals surface area contributed by atoms with Crippen molar-refractivity contribution in [2.24, 2.45) is 5.92 Å². The number of hydrogen-bond acceptors (Lipinski definition) is 1. The highest BCUT2D eigenvalue weighted by Crippen LogP contribution is 2.28. The molecule has 0 aromatic heterocycles. The van der Waals surface area contributed by atoms with Crippen molar-refractivity contribution < 1.29 is 0 Å². The fourth-order valence-electron chi connectivity index (χ4n) is 3.02. The van der Waals surface area contributed by atoms with Crippen LogP contribution in [0.15, 0.2) is 42.5 Å². The highest BCUT2D eigenvalue weighted by molar-refractivity contribution is 5.85. The van der Waals surface area contributed by atoms with E-state index < -0.39 is 0 Å². The second kappa shape index (κ2) is 5.01. The Hall–Kier alpha value is -1.50. The molecule has 1 N–H and O–H groups in total. The molecule has 0 bridgehead atoms. The lowest BCUT2D eigenvalue weighted by Gasteiger charge is -2.30. The lowest BCUT2D eigenvalue weighted by Crippen LogP contribution is -2.30. The fraction of sp³-hybridized carbons (Fsp3) is 0.412. The summed E-state index contributed by atoms with van der Waals surface area (Å²) < 4.78 is 0. The van der Waals surface area contributed by atoms with Gasteiger partial charge in [-0.3, -0.25) is 0 Å². The normalized spacial score (nSPS) is 24.1. The molecule has 2 aromatic rings. The minimum Gasteiger partial charge on any atom is -0.382 e. The average molecular weight is 239 g/mol. The second-order valence-corrected chi connectivity index (χ2v) is 5.57. The Balaban J connectivity index is 1.81. The van der Waals surface area contributed by atoms with E-state index in [0.717, 1.165) is 5.92 Å². The number of benzene rings is 2. The summed E-state index contributed by atoms with van der Waals surface area (Å²) >= 11 is 0. The third-order valence-corrected chi connectivity index (χ3v) is 4.21. The zero-order valence-corrected chi connectivity index (χ0v) is 11.0. The number of anilines is 1. The Bertz CT molecular complexity index is 532. The van der Waals surface area contributed by atoms with Crippen LogP contribution in [0, 0.1) is 5.92 Å². The molecule has 2 unspecified atom stereocenters. The van der Waals surface area contributed by atoms with Crippen molar-refractivity contribution in [3.8, 4) is 0 Å². The predicted octanol–water partition coefficient (Wildman–Crippen LogP) is 4.83. The Kier molecular flexibility index (Phi) is 3.22. The molecule has 18 heavy (non-hydrogen) atoms. The lowest BCUT2D eigenvalue weighted by atomic mass is 9.86. The number of hydrogen-bond donors (Lipinski definition) is 1. The van der Waals surface area contributed by atoms with Gasteiger partial charge in [-0.25, -0.2) is 0 Å². The third kappa shape index (κ3) is 2.35. The summed E-state index contributed by atoms with van der Waals surface area (Å²) in [5.41, 5.74) is 1.27. The van der Waals surface area contributed by atoms with Crippen molar-refractivity contribution in [2.45, 2.75) is 38.6 Å². The monoisotopic (exact) mass is 239 g/mol. The third-order valence-electron chi connectivity index (χ3n) is 4.21. The van der Waals surface area contributed by atoms with Crippen LogP contribution in [0.25, 0.3) is 10.8 Å². The van der Waals surface area contributed by atoms with Crippen LogP contribution in [-0.4, -0.2) is 6.04 Å². The van der Waals surface area contributed by atoms with Crippen LogP contribution in [-0.2, 0) is 0 Å². The Morgan fingerprint density at radius 2 is 1.72 bits per heavy atom. The standard InChI is InChI=1S/C17H21N/c1-13-6-2-5-9-17(13)18-16-11-10-14-7-3-4-8-15(14)12-16/h3-4,7-8,10-13,17-18H,2,5-6,9H2,1H3. The molecule has 2 aromatic carbocycles. The van der Waals surface area contributed by atoms with Crippen molar-refractivity contribution in [3.05, 3.63) is 42.5 Å². The van der Waals surface area contributed by atoms with Crippen LogP contribution < -0.4 is 5.32 Å². The van der Waals surface area contributed by atoms with Gasteiger partial charge in [0.15, 0.2) is 0 Å². The largest absolute Gasteiger partial charge is 0.382 e. The van der Waals surface area contributed by atoms with Gasteiger partial charge in [0.25, 0.3) is 0 Å². The molecule has 0 amide bonds. The van der Waals surface area contributed by atoms with Gasteiger partial charge in [0, 0.05) is 11.7 Å². The highest BCUT2D eigenvalue weighted by Gasteiger charge is 2.20. The van der Waals surface area contributed by atoms with Gasteiger partial charge in [-0.05, 0) is 41.7 Å². The molecule has 1 fully saturated rings. The zero-order valence-electron chi connectivity index (χ0n) is 11.0. The molecular formula is C17H21N. The Morgan fingerprint density at radius 3 is 2.56 bits per heavy atom. The lowest BCUT2D eigenvalue weighted by molar-refractivity contribution is 0.349. The summed E-state index contributed by atoms with van der Waals surface area (Å²) in [7, 11) is 0. The SMILES string of the molecule is CC1CCCCC1Nc1ccc2ccccc2c1. The zero-order chi connectivity index (χ0) is 12.4.